The number of rotatable bonds is 14. The number of fused-ring (bicyclic) bond motifs is 3. The fourth-order valence-corrected chi connectivity index (χ4v) is 11.1. The zero-order valence-corrected chi connectivity index (χ0v) is 42.8. The minimum absolute atomic E-state index is 0.0184. The summed E-state index contributed by atoms with van der Waals surface area (Å²) >= 11 is 7.92. The Balaban J connectivity index is 0.837. The Labute approximate surface area is 417 Å². The number of aliphatic imine (C=N–C) groups is 1. The van der Waals surface area contributed by atoms with Crippen molar-refractivity contribution in [2.75, 3.05) is 12.8 Å². The van der Waals surface area contributed by atoms with E-state index in [1.54, 1.807) is 54.7 Å². The Morgan fingerprint density at radius 2 is 1.59 bits per heavy atom. The maximum atomic E-state index is 14.2. The van der Waals surface area contributed by atoms with Gasteiger partial charge in [-0.3, -0.25) is 28.7 Å². The number of ether oxygens (including phenoxy) is 1. The summed E-state index contributed by atoms with van der Waals surface area (Å²) in [6.45, 7) is 13.2. The molecule has 16 nitrogen and oxygen atoms in total. The summed E-state index contributed by atoms with van der Waals surface area (Å²) in [5.74, 6) is 0.460. The molecule has 5 atom stereocenters. The number of nitrogens with one attached hydrogen (secondary N) is 3. The van der Waals surface area contributed by atoms with Crippen LogP contribution in [0.25, 0.3) is 5.00 Å². The van der Waals surface area contributed by atoms with Crippen molar-refractivity contribution in [3.05, 3.63) is 122 Å². The second-order valence-electron chi connectivity index (χ2n) is 19.7. The van der Waals surface area contributed by atoms with Crippen LogP contribution in [0.4, 0.5) is 0 Å². The van der Waals surface area contributed by atoms with Gasteiger partial charge in [-0.1, -0.05) is 68.8 Å². The molecule has 0 unspecified atom stereocenters. The molecule has 1 saturated heterocycles. The first-order chi connectivity index (χ1) is 33.0. The van der Waals surface area contributed by atoms with E-state index in [0.717, 1.165) is 44.4 Å². The number of aliphatic hydroxyl groups is 1. The Kier molecular flexibility index (Phi) is 14.4. The first-order valence-electron chi connectivity index (χ1n) is 23.3. The Morgan fingerprint density at radius 3 is 2.23 bits per heavy atom. The van der Waals surface area contributed by atoms with Gasteiger partial charge in [-0.25, -0.2) is 8.42 Å². The van der Waals surface area contributed by atoms with Gasteiger partial charge in [0.05, 0.1) is 35.6 Å². The predicted octanol–water partition coefficient (Wildman–Crippen LogP) is 6.23. The van der Waals surface area contributed by atoms with Crippen molar-refractivity contribution in [1.29, 1.82) is 0 Å². The number of halogens is 1. The molecule has 370 valence electrons. The lowest BCUT2D eigenvalue weighted by atomic mass is 9.85. The van der Waals surface area contributed by atoms with Crippen molar-refractivity contribution in [3.8, 4) is 10.8 Å². The van der Waals surface area contributed by atoms with Gasteiger partial charge in [-0.15, -0.1) is 21.5 Å². The highest BCUT2D eigenvalue weighted by Crippen LogP contribution is 2.40. The lowest BCUT2D eigenvalue weighted by Crippen LogP contribution is -2.58. The monoisotopic (exact) mass is 1010 g/mol. The number of hydrogen-bond acceptors (Lipinski definition) is 12. The lowest BCUT2D eigenvalue weighted by Gasteiger charge is -2.36. The first-order valence-corrected chi connectivity index (χ1v) is 26.4. The van der Waals surface area contributed by atoms with Crippen molar-refractivity contribution in [2.24, 2.45) is 10.4 Å². The second-order valence-corrected chi connectivity index (χ2v) is 23.4. The van der Waals surface area contributed by atoms with E-state index < -0.39 is 57.3 Å². The molecule has 0 bridgehead atoms. The second kappa shape index (κ2) is 20.0. The maximum absolute atomic E-state index is 14.2. The summed E-state index contributed by atoms with van der Waals surface area (Å²) in [5, 5.41) is 30.1. The van der Waals surface area contributed by atoms with E-state index in [1.165, 1.54) is 17.0 Å². The van der Waals surface area contributed by atoms with Crippen LogP contribution in [-0.2, 0) is 35.4 Å². The molecule has 1 saturated carbocycles. The number of nitrogens with zero attached hydrogens (tertiary/aromatic N) is 5. The number of aromatic nitrogens is 3. The van der Waals surface area contributed by atoms with Crippen molar-refractivity contribution in [1.82, 2.24) is 35.6 Å². The molecule has 3 aromatic carbocycles. The average Bonchev–Trinajstić information content (AvgIpc) is 3.94. The third-order valence-corrected chi connectivity index (χ3v) is 15.8. The normalized spacial score (nSPS) is 20.7. The Bertz CT molecular complexity index is 2940. The molecule has 3 aliphatic rings. The SMILES string of the molecule is Cc1sc2c(c1C)C(c1ccc(Cl)cc1)=N[C@@H](CC(=O)NC1CC(Oc3ccc(CC(=O)N[C@H](C(=O)N4C[C@H](O)C[C@H]4C(=O)N[C@H](C)c4ccc(S(C)(=O)=O)cc4)C(C)(C)C)cc3)C1)c1nnc(C)n1-2. The Morgan fingerprint density at radius 1 is 0.914 bits per heavy atom. The molecular formula is C51H59ClN8O8S2. The van der Waals surface area contributed by atoms with Crippen LogP contribution in [0.3, 0.4) is 0 Å². The van der Waals surface area contributed by atoms with Gasteiger partial charge in [0.2, 0.25) is 23.6 Å². The molecule has 1 aliphatic carbocycles. The summed E-state index contributed by atoms with van der Waals surface area (Å²) in [6, 6.07) is 17.8. The molecule has 2 aromatic heterocycles. The van der Waals surface area contributed by atoms with Crippen LogP contribution < -0.4 is 20.7 Å². The van der Waals surface area contributed by atoms with Gasteiger partial charge in [0.25, 0.3) is 0 Å². The van der Waals surface area contributed by atoms with Gasteiger partial charge in [0.1, 0.15) is 40.8 Å². The quantitative estimate of drug-likeness (QED) is 0.0984. The molecule has 4 amide bonds. The fraction of sp³-hybridized carbons (Fsp3) is 0.431. The van der Waals surface area contributed by atoms with E-state index in [9.17, 15) is 32.7 Å². The van der Waals surface area contributed by atoms with E-state index >= 15 is 0 Å². The van der Waals surface area contributed by atoms with Crippen LogP contribution in [-0.4, -0.2) is 106 Å². The number of β-amino-alcohol motifs (C(OH)–C–C–N with tert-alkyl or cyclic N) is 1. The number of thiophene rings is 1. The van der Waals surface area contributed by atoms with Crippen molar-refractivity contribution < 1.29 is 37.4 Å². The highest BCUT2D eigenvalue weighted by Gasteiger charge is 2.45. The summed E-state index contributed by atoms with van der Waals surface area (Å²) in [7, 11) is -3.39. The van der Waals surface area contributed by atoms with Crippen LogP contribution in [0.5, 0.6) is 5.75 Å². The van der Waals surface area contributed by atoms with Gasteiger partial charge in [-0.2, -0.15) is 0 Å². The molecular weight excluding hydrogens is 952 g/mol. The fourth-order valence-electron chi connectivity index (χ4n) is 9.17. The van der Waals surface area contributed by atoms with Crippen LogP contribution >= 0.6 is 22.9 Å². The Hall–Kier alpha value is -5.95. The number of carbonyl (C=O) groups is 4. The van der Waals surface area contributed by atoms with Gasteiger partial charge in [-0.05, 0) is 86.2 Å². The van der Waals surface area contributed by atoms with Gasteiger partial charge >= 0.3 is 0 Å². The topological polar surface area (TPSA) is 214 Å². The van der Waals surface area contributed by atoms with Crippen molar-refractivity contribution in [2.45, 2.75) is 128 Å². The molecule has 4 heterocycles. The smallest absolute Gasteiger partial charge is 0.246 e. The maximum Gasteiger partial charge on any atom is 0.246 e. The van der Waals surface area contributed by atoms with Crippen LogP contribution in [0, 0.1) is 26.2 Å². The highest BCUT2D eigenvalue weighted by molar-refractivity contribution is 7.90. The van der Waals surface area contributed by atoms with Crippen molar-refractivity contribution in [3.63, 3.8) is 0 Å². The van der Waals surface area contributed by atoms with Crippen LogP contribution in [0.15, 0.2) is 82.7 Å². The van der Waals surface area contributed by atoms with Gasteiger partial charge < -0.3 is 30.7 Å². The van der Waals surface area contributed by atoms with E-state index in [1.807, 2.05) is 56.5 Å². The molecule has 0 radical (unpaired) electrons. The van der Waals surface area contributed by atoms with E-state index in [2.05, 4.69) is 40.0 Å². The van der Waals surface area contributed by atoms with E-state index in [0.29, 0.717) is 40.6 Å². The number of aryl methyl sites for hydroxylation is 2. The van der Waals surface area contributed by atoms with Crippen LogP contribution in [0.2, 0.25) is 5.02 Å². The highest BCUT2D eigenvalue weighted by atomic mass is 35.5. The summed E-state index contributed by atoms with van der Waals surface area (Å²) in [6.07, 6.45) is 1.38. The number of aliphatic hydroxyl groups excluding tert-OH is 1. The molecule has 2 aliphatic heterocycles. The molecule has 4 N–H and O–H groups in total. The number of benzene rings is 3. The summed E-state index contributed by atoms with van der Waals surface area (Å²) in [4.78, 5) is 62.8. The number of likely N-dealkylation sites (tertiary alicyclic amines) is 1. The van der Waals surface area contributed by atoms with Crippen LogP contribution in [0.1, 0.15) is 110 Å². The standard InChI is InChI=1S/C51H59ClN8O8S2/c1-27-29(3)69-50-44(27)45(33-11-15-34(52)16-12-33)55-40(47-58-57-30(4)60(47)50)25-43(63)54-35-22-38(23-35)68-37-17-9-31(10-18-37)21-42(62)56-46(51(5,6)7)49(65)59-26-36(61)24-41(59)48(64)53-28(2)32-13-19-39(20-14-32)70(8,66)67/h9-20,28,35-36,38,40-41,46,61H,21-26H2,1-8H3,(H,53,64)(H,54,63)(H,56,62)/t28-,35?,36-,38?,40+,41+,46-/m1/s1. The number of sulfone groups is 1. The van der Waals surface area contributed by atoms with E-state index in [-0.39, 0.29) is 54.7 Å². The minimum atomic E-state index is -3.39. The number of carbonyl (C=O) groups excluding carboxylic acids is 4. The number of hydrogen-bond donors (Lipinski definition) is 4. The predicted molar refractivity (Wildman–Crippen MR) is 267 cm³/mol. The lowest BCUT2D eigenvalue weighted by molar-refractivity contribution is -0.144. The molecule has 8 rings (SSSR count). The van der Waals surface area contributed by atoms with Gasteiger partial charge in [0.15, 0.2) is 15.7 Å². The third-order valence-electron chi connectivity index (χ3n) is 13.2. The average molecular weight is 1010 g/mol. The van der Waals surface area contributed by atoms with Crippen molar-refractivity contribution >= 4 is 62.1 Å². The van der Waals surface area contributed by atoms with Gasteiger partial charge in [0, 0.05) is 59.1 Å². The first kappa shape index (κ1) is 50.4. The zero-order valence-electron chi connectivity index (χ0n) is 40.4. The summed E-state index contributed by atoms with van der Waals surface area (Å²) < 4.78 is 32.1. The largest absolute Gasteiger partial charge is 0.490 e. The summed E-state index contributed by atoms with van der Waals surface area (Å²) in [5.41, 5.74) is 4.42. The van der Waals surface area contributed by atoms with E-state index in [4.69, 9.17) is 21.3 Å². The molecule has 5 aromatic rings. The molecule has 19 heteroatoms. The third kappa shape index (κ3) is 11.0. The number of amides is 4. The molecule has 2 fully saturated rings. The minimum Gasteiger partial charge on any atom is -0.490 e. The molecule has 70 heavy (non-hydrogen) atoms. The zero-order chi connectivity index (χ0) is 50.4. The molecule has 0 spiro atoms.